The van der Waals surface area contributed by atoms with E-state index in [0.29, 0.717) is 0 Å². The molecule has 0 aliphatic heterocycles. The smallest absolute Gasteiger partial charge is 0.274 e. The lowest BCUT2D eigenvalue weighted by Crippen LogP contribution is -2.24. The molecule has 0 radical (unpaired) electrons. The van der Waals surface area contributed by atoms with Crippen LogP contribution in [0.2, 0.25) is 0 Å². The largest absolute Gasteiger partial charge is 0.481 e. The summed E-state index contributed by atoms with van der Waals surface area (Å²) in [6.45, 7) is 2.46. The highest BCUT2D eigenvalue weighted by molar-refractivity contribution is 5.92. The summed E-state index contributed by atoms with van der Waals surface area (Å²) in [7, 11) is 0. The molecule has 1 N–H and O–H groups in total. The van der Waals surface area contributed by atoms with Crippen molar-refractivity contribution in [1.29, 1.82) is 0 Å². The van der Waals surface area contributed by atoms with Crippen molar-refractivity contribution in [3.8, 4) is 23.3 Å². The van der Waals surface area contributed by atoms with E-state index in [-0.39, 0.29) is 24.8 Å². The molecule has 0 atom stereocenters. The molecule has 0 unspecified atom stereocenters. The van der Waals surface area contributed by atoms with E-state index < -0.39 is 0 Å². The van der Waals surface area contributed by atoms with E-state index >= 15 is 0 Å². The molecule has 3 rings (SSSR count). The first-order valence-electron chi connectivity index (χ1n) is 8.14. The van der Waals surface area contributed by atoms with Gasteiger partial charge in [-0.15, -0.1) is 5.10 Å². The molecule has 1 amide bonds. The Labute approximate surface area is 151 Å². The molecular formula is C20H18N4O2. The Kier molecular flexibility index (Phi) is 5.63. The van der Waals surface area contributed by atoms with Crippen LogP contribution < -0.4 is 10.1 Å². The van der Waals surface area contributed by atoms with Crippen molar-refractivity contribution in [2.45, 2.75) is 6.92 Å². The normalized spacial score (nSPS) is 9.88. The number of aromatic nitrogens is 3. The predicted molar refractivity (Wildman–Crippen MR) is 98.1 cm³/mol. The number of para-hydroxylation sites is 2. The van der Waals surface area contributed by atoms with Gasteiger partial charge in [-0.2, -0.15) is 9.90 Å². The molecule has 0 saturated heterocycles. The average molecular weight is 346 g/mol. The number of carbonyl (C=O) groups excluding carboxylic acids is 1. The van der Waals surface area contributed by atoms with Crippen LogP contribution in [0, 0.1) is 18.8 Å². The number of hydrogen-bond donors (Lipinski definition) is 1. The standard InChI is InChI=1S/C20H18N4O2/c1-16-9-5-6-12-19(16)26-14-8-7-13-21-20(25)18-15-22-24(23-18)17-10-3-2-4-11-17/h2-6,9-12,15H,13-14H2,1H3,(H,21,25). The van der Waals surface area contributed by atoms with Gasteiger partial charge in [-0.05, 0) is 30.7 Å². The van der Waals surface area contributed by atoms with Gasteiger partial charge in [-0.25, -0.2) is 0 Å². The summed E-state index contributed by atoms with van der Waals surface area (Å²) < 4.78 is 5.57. The fourth-order valence-corrected chi connectivity index (χ4v) is 2.21. The van der Waals surface area contributed by atoms with Crippen LogP contribution in [-0.4, -0.2) is 34.1 Å². The van der Waals surface area contributed by atoms with Gasteiger partial charge >= 0.3 is 0 Å². The molecule has 6 heteroatoms. The molecule has 1 aromatic heterocycles. The van der Waals surface area contributed by atoms with Gasteiger partial charge in [-0.3, -0.25) is 4.79 Å². The molecule has 1 heterocycles. The van der Waals surface area contributed by atoms with Crippen molar-refractivity contribution in [1.82, 2.24) is 20.3 Å². The summed E-state index contributed by atoms with van der Waals surface area (Å²) in [6, 6.07) is 17.1. The van der Waals surface area contributed by atoms with Gasteiger partial charge in [0.1, 0.15) is 12.4 Å². The summed E-state index contributed by atoms with van der Waals surface area (Å²) >= 11 is 0. The second-order valence-corrected chi connectivity index (χ2v) is 5.45. The van der Waals surface area contributed by atoms with E-state index in [2.05, 4.69) is 27.4 Å². The lowest BCUT2D eigenvalue weighted by atomic mass is 10.2. The van der Waals surface area contributed by atoms with Crippen molar-refractivity contribution >= 4 is 5.91 Å². The summed E-state index contributed by atoms with van der Waals surface area (Å²) in [5, 5.41) is 11.0. The number of benzene rings is 2. The number of amides is 1. The topological polar surface area (TPSA) is 69.0 Å². The zero-order valence-electron chi connectivity index (χ0n) is 14.3. The molecular weight excluding hydrogens is 328 g/mol. The minimum Gasteiger partial charge on any atom is -0.481 e. The third kappa shape index (κ3) is 4.48. The number of nitrogens with one attached hydrogen (secondary N) is 1. The van der Waals surface area contributed by atoms with Crippen LogP contribution in [0.5, 0.6) is 5.75 Å². The van der Waals surface area contributed by atoms with Crippen molar-refractivity contribution in [3.05, 3.63) is 72.1 Å². The van der Waals surface area contributed by atoms with Gasteiger partial charge in [0.05, 0.1) is 18.4 Å². The summed E-state index contributed by atoms with van der Waals surface area (Å²) in [4.78, 5) is 13.5. The van der Waals surface area contributed by atoms with Gasteiger partial charge in [0.25, 0.3) is 5.91 Å². The maximum atomic E-state index is 12.1. The van der Waals surface area contributed by atoms with E-state index in [1.165, 1.54) is 11.0 Å². The lowest BCUT2D eigenvalue weighted by Gasteiger charge is -2.04. The summed E-state index contributed by atoms with van der Waals surface area (Å²) in [5.74, 6) is 6.21. The second kappa shape index (κ2) is 8.49. The Hall–Kier alpha value is -3.59. The SMILES string of the molecule is Cc1ccccc1OCC#CCNC(=O)c1cnn(-c2ccccc2)n1. The van der Waals surface area contributed by atoms with E-state index in [1.807, 2.05) is 61.5 Å². The van der Waals surface area contributed by atoms with Crippen LogP contribution in [0.3, 0.4) is 0 Å². The monoisotopic (exact) mass is 346 g/mol. The van der Waals surface area contributed by atoms with Gasteiger partial charge in [-0.1, -0.05) is 48.2 Å². The molecule has 6 nitrogen and oxygen atoms in total. The number of ether oxygens (including phenoxy) is 1. The quantitative estimate of drug-likeness (QED) is 0.720. The van der Waals surface area contributed by atoms with Gasteiger partial charge in [0.15, 0.2) is 5.69 Å². The lowest BCUT2D eigenvalue weighted by molar-refractivity contribution is 0.0953. The maximum Gasteiger partial charge on any atom is 0.274 e. The van der Waals surface area contributed by atoms with Crippen molar-refractivity contribution in [2.75, 3.05) is 13.2 Å². The van der Waals surface area contributed by atoms with E-state index in [4.69, 9.17) is 4.74 Å². The van der Waals surface area contributed by atoms with E-state index in [1.54, 1.807) is 0 Å². The van der Waals surface area contributed by atoms with Crippen LogP contribution in [0.1, 0.15) is 16.1 Å². The van der Waals surface area contributed by atoms with Crippen LogP contribution in [-0.2, 0) is 0 Å². The third-order valence-electron chi connectivity index (χ3n) is 3.57. The summed E-state index contributed by atoms with van der Waals surface area (Å²) in [6.07, 6.45) is 1.43. The number of aryl methyl sites for hydroxylation is 1. The molecule has 0 aliphatic carbocycles. The zero-order chi connectivity index (χ0) is 18.2. The first kappa shape index (κ1) is 17.2. The molecule has 3 aromatic rings. The van der Waals surface area contributed by atoms with Crippen molar-refractivity contribution in [3.63, 3.8) is 0 Å². The summed E-state index contributed by atoms with van der Waals surface area (Å²) in [5.41, 5.74) is 2.09. The van der Waals surface area contributed by atoms with Gasteiger partial charge in [0.2, 0.25) is 0 Å². The van der Waals surface area contributed by atoms with Crippen molar-refractivity contribution < 1.29 is 9.53 Å². The average Bonchev–Trinajstić information content (AvgIpc) is 3.17. The Morgan fingerprint density at radius 3 is 2.69 bits per heavy atom. The number of nitrogens with zero attached hydrogens (tertiary/aromatic N) is 3. The number of carbonyl (C=O) groups is 1. The van der Waals surface area contributed by atoms with Gasteiger partial charge < -0.3 is 10.1 Å². The third-order valence-corrected chi connectivity index (χ3v) is 3.57. The highest BCUT2D eigenvalue weighted by Crippen LogP contribution is 2.15. The minimum absolute atomic E-state index is 0.216. The number of rotatable bonds is 5. The highest BCUT2D eigenvalue weighted by Gasteiger charge is 2.10. The van der Waals surface area contributed by atoms with Crippen LogP contribution >= 0.6 is 0 Å². The van der Waals surface area contributed by atoms with Crippen LogP contribution in [0.15, 0.2) is 60.8 Å². The fourth-order valence-electron chi connectivity index (χ4n) is 2.21. The van der Waals surface area contributed by atoms with Crippen molar-refractivity contribution in [2.24, 2.45) is 0 Å². The van der Waals surface area contributed by atoms with E-state index in [0.717, 1.165) is 17.0 Å². The molecule has 0 bridgehead atoms. The fraction of sp³-hybridized carbons (Fsp3) is 0.150. The zero-order valence-corrected chi connectivity index (χ0v) is 14.3. The molecule has 0 saturated carbocycles. The van der Waals surface area contributed by atoms with Crippen LogP contribution in [0.4, 0.5) is 0 Å². The highest BCUT2D eigenvalue weighted by atomic mass is 16.5. The molecule has 0 spiro atoms. The predicted octanol–water partition coefficient (Wildman–Crippen LogP) is 2.39. The minimum atomic E-state index is -0.318. The molecule has 130 valence electrons. The molecule has 0 fully saturated rings. The Morgan fingerprint density at radius 2 is 1.88 bits per heavy atom. The Morgan fingerprint density at radius 1 is 1.12 bits per heavy atom. The first-order valence-corrected chi connectivity index (χ1v) is 8.14. The second-order valence-electron chi connectivity index (χ2n) is 5.45. The Balaban J connectivity index is 1.46. The van der Waals surface area contributed by atoms with Gasteiger partial charge in [0, 0.05) is 0 Å². The Bertz CT molecular complexity index is 939. The van der Waals surface area contributed by atoms with Crippen LogP contribution in [0.25, 0.3) is 5.69 Å². The molecule has 26 heavy (non-hydrogen) atoms. The maximum absolute atomic E-state index is 12.1. The number of hydrogen-bond acceptors (Lipinski definition) is 4. The van der Waals surface area contributed by atoms with E-state index in [9.17, 15) is 4.79 Å². The molecule has 2 aromatic carbocycles. The first-order chi connectivity index (χ1) is 12.7. The molecule has 0 aliphatic rings.